The summed E-state index contributed by atoms with van der Waals surface area (Å²) in [7, 11) is 0. The number of nitrogens with one attached hydrogen (secondary N) is 2. The van der Waals surface area contributed by atoms with Crippen LogP contribution in [0, 0.1) is 5.92 Å². The second-order valence-electron chi connectivity index (χ2n) is 6.81. The molecule has 0 fully saturated rings. The lowest BCUT2D eigenvalue weighted by Crippen LogP contribution is -2.46. The first-order valence-corrected chi connectivity index (χ1v) is 9.26. The molecule has 0 aromatic rings. The number of allylic oxidation sites excluding steroid dienone is 1. The van der Waals surface area contributed by atoms with E-state index < -0.39 is 17.9 Å². The second-order valence-corrected chi connectivity index (χ2v) is 6.81. The number of hydrogen-bond donors (Lipinski definition) is 3. The van der Waals surface area contributed by atoms with Gasteiger partial charge in [0, 0.05) is 6.42 Å². The van der Waals surface area contributed by atoms with Gasteiger partial charge in [0.2, 0.25) is 11.8 Å². The molecule has 0 aromatic heterocycles. The van der Waals surface area contributed by atoms with Gasteiger partial charge in [-0.1, -0.05) is 45.6 Å². The summed E-state index contributed by atoms with van der Waals surface area (Å²) >= 11 is 0. The van der Waals surface area contributed by atoms with E-state index in [9.17, 15) is 14.4 Å². The Hall–Kier alpha value is -1.85. The van der Waals surface area contributed by atoms with Gasteiger partial charge in [-0.05, 0) is 31.6 Å². The summed E-state index contributed by atoms with van der Waals surface area (Å²) in [5.74, 6) is -1.53. The summed E-state index contributed by atoms with van der Waals surface area (Å²) < 4.78 is 0. The van der Waals surface area contributed by atoms with Crippen molar-refractivity contribution in [3.8, 4) is 0 Å². The van der Waals surface area contributed by atoms with Crippen molar-refractivity contribution < 1.29 is 19.5 Å². The molecule has 0 radical (unpaired) electrons. The summed E-state index contributed by atoms with van der Waals surface area (Å²) in [6.45, 7) is 7.30. The molecule has 1 atom stereocenters. The van der Waals surface area contributed by atoms with Gasteiger partial charge in [-0.3, -0.25) is 9.59 Å². The smallest absolute Gasteiger partial charge is 0.326 e. The van der Waals surface area contributed by atoms with E-state index in [2.05, 4.69) is 17.2 Å². The van der Waals surface area contributed by atoms with E-state index in [4.69, 9.17) is 5.11 Å². The van der Waals surface area contributed by atoms with Crippen LogP contribution in [0.2, 0.25) is 0 Å². The van der Waals surface area contributed by atoms with Gasteiger partial charge in [-0.15, -0.1) is 6.58 Å². The maximum absolute atomic E-state index is 11.7. The van der Waals surface area contributed by atoms with Crippen molar-refractivity contribution in [1.29, 1.82) is 0 Å². The van der Waals surface area contributed by atoms with Gasteiger partial charge in [0.1, 0.15) is 6.04 Å². The lowest BCUT2D eigenvalue weighted by atomic mass is 10.0. The molecule has 0 aliphatic rings. The van der Waals surface area contributed by atoms with E-state index >= 15 is 0 Å². The highest BCUT2D eigenvalue weighted by molar-refractivity contribution is 5.87. The Morgan fingerprint density at radius 3 is 2.16 bits per heavy atom. The van der Waals surface area contributed by atoms with E-state index in [-0.39, 0.29) is 18.4 Å². The quantitative estimate of drug-likeness (QED) is 0.311. The Labute approximate surface area is 151 Å². The fourth-order valence-corrected chi connectivity index (χ4v) is 2.49. The summed E-state index contributed by atoms with van der Waals surface area (Å²) in [4.78, 5) is 34.5. The first-order valence-electron chi connectivity index (χ1n) is 9.26. The van der Waals surface area contributed by atoms with Crippen molar-refractivity contribution in [1.82, 2.24) is 10.6 Å². The predicted octanol–water partition coefficient (Wildman–Crippen LogP) is 3.02. The third-order valence-corrected chi connectivity index (χ3v) is 3.85. The molecule has 25 heavy (non-hydrogen) atoms. The van der Waals surface area contributed by atoms with Crippen LogP contribution in [0.5, 0.6) is 0 Å². The minimum absolute atomic E-state index is 0.160. The maximum Gasteiger partial charge on any atom is 0.326 e. The summed E-state index contributed by atoms with van der Waals surface area (Å²) in [6.07, 6.45) is 10.2. The number of amides is 2. The van der Waals surface area contributed by atoms with Crippen molar-refractivity contribution in [2.24, 2.45) is 5.92 Å². The van der Waals surface area contributed by atoms with E-state index in [1.54, 1.807) is 0 Å². The molecule has 0 aliphatic heterocycles. The van der Waals surface area contributed by atoms with Crippen LogP contribution in [0.25, 0.3) is 0 Å². The van der Waals surface area contributed by atoms with E-state index in [1.807, 2.05) is 19.9 Å². The molecule has 0 bridgehead atoms. The van der Waals surface area contributed by atoms with Gasteiger partial charge in [-0.25, -0.2) is 4.79 Å². The van der Waals surface area contributed by atoms with E-state index in [1.165, 1.54) is 19.3 Å². The van der Waals surface area contributed by atoms with Gasteiger partial charge in [-0.2, -0.15) is 0 Å². The Bertz CT molecular complexity index is 422. The Kier molecular flexibility index (Phi) is 13.4. The van der Waals surface area contributed by atoms with Crippen LogP contribution in [0.1, 0.15) is 71.6 Å². The third kappa shape index (κ3) is 14.2. The maximum atomic E-state index is 11.7. The predicted molar refractivity (Wildman–Crippen MR) is 99.2 cm³/mol. The van der Waals surface area contributed by atoms with Crippen molar-refractivity contribution >= 4 is 17.8 Å². The number of carboxylic acids is 1. The summed E-state index contributed by atoms with van der Waals surface area (Å²) in [5, 5.41) is 14.1. The Morgan fingerprint density at radius 1 is 1.00 bits per heavy atom. The molecule has 2 amide bonds. The fraction of sp³-hybridized carbons (Fsp3) is 0.737. The van der Waals surface area contributed by atoms with Crippen LogP contribution in [-0.4, -0.2) is 35.5 Å². The zero-order valence-corrected chi connectivity index (χ0v) is 15.7. The SMILES string of the molecule is C=CCCCCCCCCC(=O)NCC(=O)NC(CC(C)C)C(=O)O. The highest BCUT2D eigenvalue weighted by Gasteiger charge is 2.21. The van der Waals surface area contributed by atoms with Gasteiger partial charge in [0.05, 0.1) is 6.54 Å². The number of hydrogen-bond acceptors (Lipinski definition) is 3. The molecular weight excluding hydrogens is 320 g/mol. The van der Waals surface area contributed by atoms with Crippen LogP contribution >= 0.6 is 0 Å². The fourth-order valence-electron chi connectivity index (χ4n) is 2.49. The highest BCUT2D eigenvalue weighted by Crippen LogP contribution is 2.08. The van der Waals surface area contributed by atoms with E-state index in [0.717, 1.165) is 25.7 Å². The van der Waals surface area contributed by atoms with Crippen LogP contribution < -0.4 is 10.6 Å². The molecule has 0 spiro atoms. The highest BCUT2D eigenvalue weighted by atomic mass is 16.4. The van der Waals surface area contributed by atoms with Crippen LogP contribution in [-0.2, 0) is 14.4 Å². The van der Waals surface area contributed by atoms with E-state index in [0.29, 0.717) is 12.8 Å². The van der Waals surface area contributed by atoms with Crippen LogP contribution in [0.15, 0.2) is 12.7 Å². The number of aliphatic carboxylic acids is 1. The molecule has 0 heterocycles. The molecule has 3 N–H and O–H groups in total. The number of carbonyl (C=O) groups excluding carboxylic acids is 2. The molecule has 0 aliphatic carbocycles. The molecule has 1 unspecified atom stereocenters. The summed E-state index contributed by atoms with van der Waals surface area (Å²) in [6, 6.07) is -0.912. The zero-order chi connectivity index (χ0) is 19.1. The molecule has 0 saturated heterocycles. The average molecular weight is 354 g/mol. The van der Waals surface area contributed by atoms with Gasteiger partial charge >= 0.3 is 5.97 Å². The molecule has 0 saturated carbocycles. The summed E-state index contributed by atoms with van der Waals surface area (Å²) in [5.41, 5.74) is 0. The molecule has 0 rings (SSSR count). The molecule has 144 valence electrons. The van der Waals surface area contributed by atoms with Crippen LogP contribution in [0.3, 0.4) is 0 Å². The van der Waals surface area contributed by atoms with Gasteiger partial charge in [0.15, 0.2) is 0 Å². The number of rotatable bonds is 15. The normalized spacial score (nSPS) is 11.8. The van der Waals surface area contributed by atoms with Gasteiger partial charge in [0.25, 0.3) is 0 Å². The minimum Gasteiger partial charge on any atom is -0.480 e. The first-order chi connectivity index (χ1) is 11.9. The Balaban J connectivity index is 3.77. The average Bonchev–Trinajstić information content (AvgIpc) is 2.54. The molecule has 6 nitrogen and oxygen atoms in total. The van der Waals surface area contributed by atoms with Crippen LogP contribution in [0.4, 0.5) is 0 Å². The second kappa shape index (κ2) is 14.5. The lowest BCUT2D eigenvalue weighted by Gasteiger charge is -2.16. The van der Waals surface area contributed by atoms with Crippen molar-refractivity contribution in [3.05, 3.63) is 12.7 Å². The molecule has 6 heteroatoms. The number of carboxylic acid groups (broad SMARTS) is 1. The van der Waals surface area contributed by atoms with Crippen molar-refractivity contribution in [2.75, 3.05) is 6.54 Å². The largest absolute Gasteiger partial charge is 0.480 e. The number of unbranched alkanes of at least 4 members (excludes halogenated alkanes) is 6. The standard InChI is InChI=1S/C19H34N2O4/c1-4-5-6-7-8-9-10-11-12-17(22)20-14-18(23)21-16(19(24)25)13-15(2)3/h4,15-16H,1,5-14H2,2-3H3,(H,20,22)(H,21,23)(H,24,25). The zero-order valence-electron chi connectivity index (χ0n) is 15.7. The topological polar surface area (TPSA) is 95.5 Å². The van der Waals surface area contributed by atoms with Crippen molar-refractivity contribution in [2.45, 2.75) is 77.7 Å². The van der Waals surface area contributed by atoms with Crippen molar-refractivity contribution in [3.63, 3.8) is 0 Å². The molecule has 0 aromatic carbocycles. The first kappa shape index (κ1) is 23.1. The third-order valence-electron chi connectivity index (χ3n) is 3.85. The van der Waals surface area contributed by atoms with Gasteiger partial charge < -0.3 is 15.7 Å². The minimum atomic E-state index is -1.05. The Morgan fingerprint density at radius 2 is 1.60 bits per heavy atom. The lowest BCUT2D eigenvalue weighted by molar-refractivity contribution is -0.142. The number of carbonyl (C=O) groups is 3. The monoisotopic (exact) mass is 354 g/mol. The molecular formula is C19H34N2O4.